The number of amides is 2. The molecule has 2 atom stereocenters. The number of hydrogen-bond acceptors (Lipinski definition) is 12. The maximum Gasteiger partial charge on any atom is 1.00 e. The molecule has 2 fully saturated rings. The van der Waals surface area contributed by atoms with Gasteiger partial charge in [0, 0.05) is 18.2 Å². The molecule has 2 amide bonds. The number of nitrogens with one attached hydrogen (secondary N) is 1. The second-order valence-electron chi connectivity index (χ2n) is 8.38. The zero-order valence-corrected chi connectivity index (χ0v) is 25.8. The fraction of sp³-hybridized carbons (Fsp3) is 0.455. The molecule has 192 valence electrons. The van der Waals surface area contributed by atoms with Crippen LogP contribution < -0.4 is 74.6 Å². The Balaban J connectivity index is 0.00000253. The van der Waals surface area contributed by atoms with Gasteiger partial charge in [-0.15, -0.1) is 11.8 Å². The van der Waals surface area contributed by atoms with E-state index in [0.29, 0.717) is 12.8 Å². The minimum Gasteiger partial charge on any atom is -0.546 e. The number of ether oxygens (including phenoxy) is 1. The van der Waals surface area contributed by atoms with Crippen molar-refractivity contribution in [2.75, 3.05) is 12.4 Å². The summed E-state index contributed by atoms with van der Waals surface area (Å²) in [5.41, 5.74) is -2.28. The van der Waals surface area contributed by atoms with Gasteiger partial charge in [0.2, 0.25) is 5.71 Å². The second-order valence-corrected chi connectivity index (χ2v) is 9.48. The third-order valence-electron chi connectivity index (χ3n) is 6.04. The van der Waals surface area contributed by atoms with Gasteiger partial charge in [-0.05, 0) is 37.8 Å². The van der Waals surface area contributed by atoms with E-state index >= 15 is 0 Å². The minimum atomic E-state index is -1.67. The molecule has 1 saturated carbocycles. The van der Waals surface area contributed by atoms with Gasteiger partial charge in [-0.2, -0.15) is 0 Å². The minimum absolute atomic E-state index is 0. The molecule has 1 aliphatic carbocycles. The third kappa shape index (κ3) is 6.49. The Bertz CT molecular complexity index is 1160. The van der Waals surface area contributed by atoms with Crippen molar-refractivity contribution in [1.82, 2.24) is 10.2 Å². The number of carbonyl (C=O) groups is 5. The summed E-state index contributed by atoms with van der Waals surface area (Å²) in [6.45, 7) is 0.855. The number of oxime groups is 1. The van der Waals surface area contributed by atoms with Crippen LogP contribution in [-0.2, 0) is 33.5 Å². The SMILES string of the molecule is CC(=O)OCC1=C(C(=O)[O-])N2C(=O)[C@@H](NC(=O)C(=NOC3(C(=O)[O-])CCCC3)c3ccco3)[C@H]2SC1.[Na+].[Na+]. The predicted molar refractivity (Wildman–Crippen MR) is 116 cm³/mol. The van der Waals surface area contributed by atoms with E-state index in [1.165, 1.54) is 25.3 Å². The summed E-state index contributed by atoms with van der Waals surface area (Å²) < 4.78 is 10.1. The van der Waals surface area contributed by atoms with E-state index in [1.807, 2.05) is 0 Å². The average Bonchev–Trinajstić information content (AvgIpc) is 3.54. The van der Waals surface area contributed by atoms with E-state index < -0.39 is 58.1 Å². The van der Waals surface area contributed by atoms with Gasteiger partial charge < -0.3 is 39.1 Å². The molecule has 1 aromatic heterocycles. The van der Waals surface area contributed by atoms with Crippen LogP contribution in [0.4, 0.5) is 0 Å². The molecule has 3 aliphatic rings. The zero-order valence-electron chi connectivity index (χ0n) is 21.0. The second kappa shape index (κ2) is 13.5. The van der Waals surface area contributed by atoms with E-state index in [1.54, 1.807) is 0 Å². The van der Waals surface area contributed by atoms with E-state index in [0.717, 1.165) is 16.7 Å². The fourth-order valence-corrected chi connectivity index (χ4v) is 5.53. The average molecular weight is 565 g/mol. The number of aliphatic carboxylic acids is 2. The number of carbonyl (C=O) groups excluding carboxylic acids is 5. The van der Waals surface area contributed by atoms with Gasteiger partial charge in [-0.1, -0.05) is 5.16 Å². The molecule has 1 saturated heterocycles. The molecule has 38 heavy (non-hydrogen) atoms. The number of esters is 1. The Labute approximate surface area is 265 Å². The predicted octanol–water partition coefficient (Wildman–Crippen LogP) is -7.96. The van der Waals surface area contributed by atoms with Crippen LogP contribution in [0.25, 0.3) is 0 Å². The maximum atomic E-state index is 13.1. The summed E-state index contributed by atoms with van der Waals surface area (Å²) in [6.07, 6.45) is 2.77. The summed E-state index contributed by atoms with van der Waals surface area (Å²) >= 11 is 1.16. The standard InChI is InChI=1S/C22H23N3O10S.2Na/c1-11(26)34-9-12-10-36-19-15(18(28)25(19)16(12)20(29)30)23-17(27)14(13-5-4-8-33-13)24-35-22(21(31)32)6-2-3-7-22;;/h4-5,8,15,19H,2-3,6-7,9-10H2,1H3,(H,23,27)(H,29,30)(H,31,32);;/q;2*+1/p-2/t15-,19-;;/m1../s1. The number of fused-ring (bicyclic) bond motifs is 1. The van der Waals surface area contributed by atoms with Crippen molar-refractivity contribution in [3.63, 3.8) is 0 Å². The van der Waals surface area contributed by atoms with Crippen LogP contribution in [-0.4, -0.2) is 69.7 Å². The van der Waals surface area contributed by atoms with Crippen LogP contribution in [0.2, 0.25) is 0 Å². The number of nitrogens with zero attached hydrogens (tertiary/aromatic N) is 2. The van der Waals surface area contributed by atoms with Crippen LogP contribution in [0, 0.1) is 0 Å². The van der Waals surface area contributed by atoms with E-state index in [9.17, 15) is 34.2 Å². The summed E-state index contributed by atoms with van der Waals surface area (Å²) in [5.74, 6) is -5.20. The number of carboxylic acid groups (broad SMARTS) is 2. The smallest absolute Gasteiger partial charge is 0.546 e. The van der Waals surface area contributed by atoms with Crippen molar-refractivity contribution in [2.45, 2.75) is 49.6 Å². The summed E-state index contributed by atoms with van der Waals surface area (Å²) in [7, 11) is 0. The van der Waals surface area contributed by atoms with Crippen LogP contribution in [0.1, 0.15) is 38.4 Å². The molecule has 13 nitrogen and oxygen atoms in total. The van der Waals surface area contributed by atoms with Crippen molar-refractivity contribution >= 4 is 47.2 Å². The van der Waals surface area contributed by atoms with E-state index in [-0.39, 0.29) is 95.6 Å². The van der Waals surface area contributed by atoms with Crippen molar-refractivity contribution in [3.8, 4) is 0 Å². The van der Waals surface area contributed by atoms with E-state index in [4.69, 9.17) is 14.0 Å². The monoisotopic (exact) mass is 565 g/mol. The van der Waals surface area contributed by atoms with Gasteiger partial charge >= 0.3 is 65.1 Å². The molecular formula is C22H21N3Na2O10S. The molecule has 0 bridgehead atoms. The molecular weight excluding hydrogens is 544 g/mol. The third-order valence-corrected chi connectivity index (χ3v) is 7.38. The molecule has 2 aliphatic heterocycles. The first-order chi connectivity index (χ1) is 17.1. The van der Waals surface area contributed by atoms with E-state index in [2.05, 4.69) is 10.5 Å². The van der Waals surface area contributed by atoms with Gasteiger partial charge in [-0.25, -0.2) is 0 Å². The van der Waals surface area contributed by atoms with Gasteiger partial charge in [0.05, 0.1) is 23.9 Å². The molecule has 0 spiro atoms. The number of furan rings is 1. The first kappa shape index (κ1) is 32.4. The molecule has 4 rings (SSSR count). The quantitative estimate of drug-likeness (QED) is 0.0984. The van der Waals surface area contributed by atoms with Crippen LogP contribution >= 0.6 is 11.8 Å². The Morgan fingerprint density at radius 3 is 2.47 bits per heavy atom. The zero-order chi connectivity index (χ0) is 26.0. The largest absolute Gasteiger partial charge is 1.00 e. The fourth-order valence-electron chi connectivity index (χ4n) is 4.20. The van der Waals surface area contributed by atoms with Crippen molar-refractivity contribution in [2.24, 2.45) is 5.16 Å². The topological polar surface area (TPSA) is 191 Å². The van der Waals surface area contributed by atoms with Crippen LogP contribution in [0.5, 0.6) is 0 Å². The Kier molecular flexibility index (Phi) is 11.5. The molecule has 0 radical (unpaired) electrons. The molecule has 0 aromatic carbocycles. The van der Waals surface area contributed by atoms with Gasteiger partial charge in [0.1, 0.15) is 18.0 Å². The van der Waals surface area contributed by atoms with Crippen molar-refractivity contribution in [3.05, 3.63) is 35.4 Å². The molecule has 1 aromatic rings. The number of rotatable bonds is 9. The maximum absolute atomic E-state index is 13.1. The molecule has 16 heteroatoms. The van der Waals surface area contributed by atoms with Gasteiger partial charge in [0.25, 0.3) is 11.8 Å². The van der Waals surface area contributed by atoms with Crippen molar-refractivity contribution < 1.29 is 107 Å². The number of hydrogen-bond donors (Lipinski definition) is 1. The van der Waals surface area contributed by atoms with Gasteiger partial charge in [0.15, 0.2) is 11.4 Å². The number of thioether (sulfide) groups is 1. The Morgan fingerprint density at radius 2 is 1.92 bits per heavy atom. The Morgan fingerprint density at radius 1 is 1.24 bits per heavy atom. The van der Waals surface area contributed by atoms with Crippen molar-refractivity contribution in [1.29, 1.82) is 0 Å². The summed E-state index contributed by atoms with van der Waals surface area (Å²) in [4.78, 5) is 66.7. The molecule has 3 heterocycles. The van der Waals surface area contributed by atoms with Crippen LogP contribution in [0.15, 0.2) is 39.2 Å². The normalized spacial score (nSPS) is 21.8. The first-order valence-corrected chi connectivity index (χ1v) is 12.0. The van der Waals surface area contributed by atoms with Gasteiger partial charge in [-0.3, -0.25) is 19.3 Å². The molecule has 1 N–H and O–H groups in total. The Hall–Kier alpha value is -1.81. The molecule has 0 unspecified atom stereocenters. The van der Waals surface area contributed by atoms with Crippen LogP contribution in [0.3, 0.4) is 0 Å². The number of β-lactam (4-membered cyclic amide) rings is 1. The summed E-state index contributed by atoms with van der Waals surface area (Å²) in [6, 6.07) is 1.77. The summed E-state index contributed by atoms with van der Waals surface area (Å²) in [5, 5.41) is 28.9. The first-order valence-electron chi connectivity index (χ1n) is 11.0. The number of carboxylic acids is 2.